The zero-order valence-electron chi connectivity index (χ0n) is 16.5. The number of hydrogen-bond donors (Lipinski definition) is 1. The van der Waals surface area contributed by atoms with Gasteiger partial charge in [-0.15, -0.1) is 0 Å². The Morgan fingerprint density at radius 2 is 1.93 bits per heavy atom. The molecular formula is C22H25N5O2. The zero-order chi connectivity index (χ0) is 20.1. The maximum atomic E-state index is 11.6. The van der Waals surface area contributed by atoms with Gasteiger partial charge in [-0.3, -0.25) is 4.79 Å². The van der Waals surface area contributed by atoms with Gasteiger partial charge in [0.1, 0.15) is 5.82 Å². The van der Waals surface area contributed by atoms with Crippen LogP contribution in [0.4, 0.5) is 5.82 Å². The van der Waals surface area contributed by atoms with Gasteiger partial charge in [0.2, 0.25) is 17.6 Å². The summed E-state index contributed by atoms with van der Waals surface area (Å²) in [5.41, 5.74) is 1.81. The molecule has 0 radical (unpaired) electrons. The number of rotatable bonds is 6. The Labute approximate surface area is 170 Å². The van der Waals surface area contributed by atoms with Crippen molar-refractivity contribution in [2.75, 3.05) is 18.0 Å². The molecule has 0 saturated carbocycles. The van der Waals surface area contributed by atoms with Crippen molar-refractivity contribution in [1.82, 2.24) is 20.4 Å². The second-order valence-corrected chi connectivity index (χ2v) is 7.33. The van der Waals surface area contributed by atoms with Crippen LogP contribution in [-0.4, -0.2) is 34.1 Å². The number of carbonyl (C=O) groups is 1. The molecule has 1 amide bonds. The molecule has 1 N–H and O–H groups in total. The molecule has 3 heterocycles. The van der Waals surface area contributed by atoms with Gasteiger partial charge in [0, 0.05) is 31.8 Å². The molecule has 0 aliphatic carbocycles. The number of piperidine rings is 1. The van der Waals surface area contributed by atoms with Crippen LogP contribution in [0.15, 0.2) is 53.2 Å². The average Bonchev–Trinajstić information content (AvgIpc) is 3.23. The van der Waals surface area contributed by atoms with Crippen LogP contribution in [0.5, 0.6) is 0 Å². The lowest BCUT2D eigenvalue weighted by Crippen LogP contribution is -2.29. The lowest BCUT2D eigenvalue weighted by molar-refractivity contribution is -0.119. The molecule has 29 heavy (non-hydrogen) atoms. The van der Waals surface area contributed by atoms with E-state index in [-0.39, 0.29) is 11.9 Å². The Hall–Kier alpha value is -3.22. The Bertz CT molecular complexity index is 933. The standard InChI is InChI=1S/C22H25N5O2/c1-16(28)24-19(17-8-4-2-5-9-17)14-21-25-22(26-29-21)18-10-11-20(23-15-18)27-12-6-3-7-13-27/h2,4-5,8-11,15,19H,3,6-7,12-14H2,1H3,(H,24,28)/t19-/m1/s1. The second-order valence-electron chi connectivity index (χ2n) is 7.33. The Morgan fingerprint density at radius 3 is 2.62 bits per heavy atom. The number of anilines is 1. The van der Waals surface area contributed by atoms with E-state index in [9.17, 15) is 4.79 Å². The summed E-state index contributed by atoms with van der Waals surface area (Å²) < 4.78 is 5.45. The topological polar surface area (TPSA) is 84.2 Å². The van der Waals surface area contributed by atoms with Crippen LogP contribution < -0.4 is 10.2 Å². The summed E-state index contributed by atoms with van der Waals surface area (Å²) in [4.78, 5) is 23.0. The molecule has 1 fully saturated rings. The fourth-order valence-electron chi connectivity index (χ4n) is 3.64. The maximum absolute atomic E-state index is 11.6. The predicted octanol–water partition coefficient (Wildman–Crippen LogP) is 3.54. The van der Waals surface area contributed by atoms with E-state index < -0.39 is 0 Å². The monoisotopic (exact) mass is 391 g/mol. The lowest BCUT2D eigenvalue weighted by atomic mass is 10.0. The first-order valence-corrected chi connectivity index (χ1v) is 10.0. The number of nitrogens with one attached hydrogen (secondary N) is 1. The first-order valence-electron chi connectivity index (χ1n) is 10.0. The summed E-state index contributed by atoms with van der Waals surface area (Å²) in [5.74, 6) is 1.87. The summed E-state index contributed by atoms with van der Waals surface area (Å²) >= 11 is 0. The highest BCUT2D eigenvalue weighted by Gasteiger charge is 2.19. The Balaban J connectivity index is 1.47. The van der Waals surface area contributed by atoms with Crippen LogP contribution >= 0.6 is 0 Å². The number of pyridine rings is 1. The molecule has 3 aromatic rings. The smallest absolute Gasteiger partial charge is 0.229 e. The third kappa shape index (κ3) is 4.80. The molecule has 1 saturated heterocycles. The van der Waals surface area contributed by atoms with Gasteiger partial charge in [-0.05, 0) is 37.0 Å². The number of amides is 1. The highest BCUT2D eigenvalue weighted by Crippen LogP contribution is 2.23. The zero-order valence-corrected chi connectivity index (χ0v) is 16.5. The van der Waals surface area contributed by atoms with Crippen molar-refractivity contribution in [2.24, 2.45) is 0 Å². The predicted molar refractivity (Wildman–Crippen MR) is 110 cm³/mol. The highest BCUT2D eigenvalue weighted by molar-refractivity contribution is 5.73. The molecule has 1 atom stereocenters. The van der Waals surface area contributed by atoms with E-state index in [1.807, 2.05) is 42.5 Å². The molecule has 0 spiro atoms. The van der Waals surface area contributed by atoms with Crippen LogP contribution in [0.2, 0.25) is 0 Å². The summed E-state index contributed by atoms with van der Waals surface area (Å²) in [6.45, 7) is 3.62. The van der Waals surface area contributed by atoms with E-state index in [4.69, 9.17) is 4.52 Å². The Kier molecular flexibility index (Phi) is 5.84. The molecule has 7 nitrogen and oxygen atoms in total. The first kappa shape index (κ1) is 19.1. The third-order valence-electron chi connectivity index (χ3n) is 5.11. The molecule has 1 aromatic carbocycles. The van der Waals surface area contributed by atoms with Gasteiger partial charge in [-0.2, -0.15) is 4.98 Å². The molecule has 7 heteroatoms. The van der Waals surface area contributed by atoms with Crippen LogP contribution in [0, 0.1) is 0 Å². The second kappa shape index (κ2) is 8.86. The lowest BCUT2D eigenvalue weighted by Gasteiger charge is -2.27. The van der Waals surface area contributed by atoms with Crippen LogP contribution in [0.25, 0.3) is 11.4 Å². The van der Waals surface area contributed by atoms with Crippen LogP contribution in [0.3, 0.4) is 0 Å². The molecule has 4 rings (SSSR count). The van der Waals surface area contributed by atoms with E-state index in [0.29, 0.717) is 18.1 Å². The minimum absolute atomic E-state index is 0.101. The molecule has 0 bridgehead atoms. The summed E-state index contributed by atoms with van der Waals surface area (Å²) in [5, 5.41) is 7.05. The van der Waals surface area contributed by atoms with Gasteiger partial charge < -0.3 is 14.7 Å². The minimum Gasteiger partial charge on any atom is -0.357 e. The van der Waals surface area contributed by atoms with Gasteiger partial charge >= 0.3 is 0 Å². The third-order valence-corrected chi connectivity index (χ3v) is 5.11. The van der Waals surface area contributed by atoms with Crippen LogP contribution in [-0.2, 0) is 11.2 Å². The summed E-state index contributed by atoms with van der Waals surface area (Å²) in [7, 11) is 0. The van der Waals surface area contributed by atoms with E-state index in [0.717, 1.165) is 30.0 Å². The van der Waals surface area contributed by atoms with E-state index >= 15 is 0 Å². The quantitative estimate of drug-likeness (QED) is 0.692. The maximum Gasteiger partial charge on any atom is 0.229 e. The fraction of sp³-hybridized carbons (Fsp3) is 0.364. The summed E-state index contributed by atoms with van der Waals surface area (Å²) in [6, 6.07) is 13.6. The van der Waals surface area contributed by atoms with Gasteiger partial charge in [-0.1, -0.05) is 35.5 Å². The Morgan fingerprint density at radius 1 is 1.14 bits per heavy atom. The largest absolute Gasteiger partial charge is 0.357 e. The summed E-state index contributed by atoms with van der Waals surface area (Å²) in [6.07, 6.45) is 5.95. The number of aromatic nitrogens is 3. The van der Waals surface area contributed by atoms with Crippen molar-refractivity contribution in [2.45, 2.75) is 38.6 Å². The van der Waals surface area contributed by atoms with Crippen molar-refractivity contribution in [3.8, 4) is 11.4 Å². The van der Waals surface area contributed by atoms with E-state index in [2.05, 4.69) is 25.3 Å². The fourth-order valence-corrected chi connectivity index (χ4v) is 3.64. The van der Waals surface area contributed by atoms with Gasteiger partial charge in [0.25, 0.3) is 0 Å². The first-order chi connectivity index (χ1) is 14.2. The van der Waals surface area contributed by atoms with Gasteiger partial charge in [-0.25, -0.2) is 4.98 Å². The molecule has 150 valence electrons. The van der Waals surface area contributed by atoms with Crippen LogP contribution in [0.1, 0.15) is 43.7 Å². The molecule has 0 unspecified atom stereocenters. The normalized spacial score (nSPS) is 15.1. The van der Waals surface area contributed by atoms with Crippen molar-refractivity contribution >= 4 is 11.7 Å². The number of hydrogen-bond acceptors (Lipinski definition) is 6. The van der Waals surface area contributed by atoms with Crippen molar-refractivity contribution in [1.29, 1.82) is 0 Å². The molecular weight excluding hydrogens is 366 g/mol. The average molecular weight is 391 g/mol. The van der Waals surface area contributed by atoms with E-state index in [1.54, 1.807) is 6.20 Å². The molecule has 1 aliphatic heterocycles. The van der Waals surface area contributed by atoms with Crippen molar-refractivity contribution in [3.05, 3.63) is 60.1 Å². The number of carbonyl (C=O) groups excluding carboxylic acids is 1. The van der Waals surface area contributed by atoms with E-state index in [1.165, 1.54) is 26.2 Å². The van der Waals surface area contributed by atoms with Crippen molar-refractivity contribution < 1.29 is 9.32 Å². The molecule has 2 aromatic heterocycles. The van der Waals surface area contributed by atoms with Crippen molar-refractivity contribution in [3.63, 3.8) is 0 Å². The highest BCUT2D eigenvalue weighted by atomic mass is 16.5. The number of nitrogens with zero attached hydrogens (tertiary/aromatic N) is 4. The minimum atomic E-state index is -0.221. The number of benzene rings is 1. The van der Waals surface area contributed by atoms with Gasteiger partial charge in [0.05, 0.1) is 12.5 Å². The SMILES string of the molecule is CC(=O)N[C@H](Cc1nc(-c2ccc(N3CCCCC3)nc2)no1)c1ccccc1. The van der Waals surface area contributed by atoms with Gasteiger partial charge in [0.15, 0.2) is 0 Å². The molecule has 1 aliphatic rings.